The molecule has 0 spiro atoms. The monoisotopic (exact) mass is 432 g/mol. The van der Waals surface area contributed by atoms with Crippen LogP contribution >= 0.6 is 0 Å². The molecule has 0 aliphatic carbocycles. The van der Waals surface area contributed by atoms with Crippen LogP contribution in [0.3, 0.4) is 0 Å². The number of aryl methyl sites for hydroxylation is 1. The van der Waals surface area contributed by atoms with E-state index in [1.807, 2.05) is 37.3 Å². The molecule has 0 saturated carbocycles. The summed E-state index contributed by atoms with van der Waals surface area (Å²) < 4.78 is 28.7. The van der Waals surface area contributed by atoms with Gasteiger partial charge in [-0.1, -0.05) is 43.7 Å². The summed E-state index contributed by atoms with van der Waals surface area (Å²) in [6.45, 7) is 3.14. The van der Waals surface area contributed by atoms with Gasteiger partial charge in [-0.3, -0.25) is 9.59 Å². The second-order valence-corrected chi connectivity index (χ2v) is 9.46. The lowest BCUT2D eigenvalue weighted by Crippen LogP contribution is -2.51. The third kappa shape index (κ3) is 4.41. The number of carbonyl (C=O) groups excluding carboxylic acids is 2. The highest BCUT2D eigenvalue weighted by atomic mass is 32.2. The predicted molar refractivity (Wildman–Crippen MR) is 113 cm³/mol. The van der Waals surface area contributed by atoms with E-state index in [9.17, 15) is 18.0 Å². The van der Waals surface area contributed by atoms with Crippen molar-refractivity contribution >= 4 is 21.8 Å². The summed E-state index contributed by atoms with van der Waals surface area (Å²) in [6, 6.07) is 11.0. The van der Waals surface area contributed by atoms with Crippen LogP contribution in [0.15, 0.2) is 47.5 Å². The van der Waals surface area contributed by atoms with Crippen molar-refractivity contribution in [1.82, 2.24) is 13.8 Å². The van der Waals surface area contributed by atoms with Gasteiger partial charge in [-0.05, 0) is 18.1 Å². The van der Waals surface area contributed by atoms with E-state index >= 15 is 0 Å². The Kier molecular flexibility index (Phi) is 6.62. The van der Waals surface area contributed by atoms with Gasteiger partial charge in [0.25, 0.3) is 5.91 Å². The summed E-state index contributed by atoms with van der Waals surface area (Å²) in [4.78, 5) is 26.4. The standard InChI is InChI=1S/C21H28N4O4S/c1-3-7-18(16-8-5-4-6-9-16)21(27)24-10-12-25(13-11-24)30(28,29)17-14-19(20(22)26)23(2)15-17/h4-6,8-9,14-15,18H,3,7,10-13H2,1-2H3,(H2,22,26)/t18-/m0/s1. The van der Waals surface area contributed by atoms with Crippen LogP contribution in [0.2, 0.25) is 0 Å². The van der Waals surface area contributed by atoms with Gasteiger partial charge in [0.15, 0.2) is 0 Å². The SMILES string of the molecule is CCC[C@H](C(=O)N1CCN(S(=O)(=O)c2cc(C(N)=O)n(C)c2)CC1)c1ccccc1. The lowest BCUT2D eigenvalue weighted by atomic mass is 9.93. The first-order valence-corrected chi connectivity index (χ1v) is 11.5. The number of nitrogens with two attached hydrogens (primary N) is 1. The van der Waals surface area contributed by atoms with Crippen molar-refractivity contribution in [3.63, 3.8) is 0 Å². The van der Waals surface area contributed by atoms with Gasteiger partial charge in [-0.15, -0.1) is 0 Å². The molecule has 1 fully saturated rings. The molecule has 2 aromatic rings. The molecule has 2 amide bonds. The maximum atomic E-state index is 13.1. The first-order valence-electron chi connectivity index (χ1n) is 10.1. The molecule has 2 heterocycles. The largest absolute Gasteiger partial charge is 0.364 e. The fraction of sp³-hybridized carbons (Fsp3) is 0.429. The van der Waals surface area contributed by atoms with Crippen LogP contribution in [-0.4, -0.2) is 60.2 Å². The molecule has 0 unspecified atom stereocenters. The Morgan fingerprint density at radius 3 is 2.27 bits per heavy atom. The number of benzene rings is 1. The maximum Gasteiger partial charge on any atom is 0.265 e. The summed E-state index contributed by atoms with van der Waals surface area (Å²) in [5.74, 6) is -0.861. The zero-order valence-electron chi connectivity index (χ0n) is 17.3. The predicted octanol–water partition coefficient (Wildman–Crippen LogP) is 1.54. The van der Waals surface area contributed by atoms with Gasteiger partial charge < -0.3 is 15.2 Å². The fourth-order valence-electron chi connectivity index (χ4n) is 3.85. The second kappa shape index (κ2) is 9.01. The van der Waals surface area contributed by atoms with Crippen molar-refractivity contribution in [2.45, 2.75) is 30.6 Å². The Morgan fingerprint density at radius 2 is 1.73 bits per heavy atom. The van der Waals surface area contributed by atoms with Crippen LogP contribution in [-0.2, 0) is 21.9 Å². The minimum absolute atomic E-state index is 0.0340. The van der Waals surface area contributed by atoms with Crippen molar-refractivity contribution in [3.8, 4) is 0 Å². The Balaban J connectivity index is 1.71. The molecule has 1 saturated heterocycles. The van der Waals surface area contributed by atoms with Gasteiger partial charge >= 0.3 is 0 Å². The van der Waals surface area contributed by atoms with Gasteiger partial charge in [0.1, 0.15) is 10.6 Å². The topological polar surface area (TPSA) is 106 Å². The average Bonchev–Trinajstić information content (AvgIpc) is 3.15. The molecule has 9 heteroatoms. The first-order chi connectivity index (χ1) is 14.3. The Hall–Kier alpha value is -2.65. The second-order valence-electron chi connectivity index (χ2n) is 7.52. The van der Waals surface area contributed by atoms with E-state index in [1.165, 1.54) is 21.1 Å². The molecule has 1 aromatic carbocycles. The summed E-state index contributed by atoms with van der Waals surface area (Å²) in [6.07, 6.45) is 3.02. The zero-order chi connectivity index (χ0) is 21.9. The molecule has 0 bridgehead atoms. The molecule has 1 aromatic heterocycles. The van der Waals surface area contributed by atoms with Crippen molar-refractivity contribution in [2.24, 2.45) is 12.8 Å². The number of nitrogens with zero attached hydrogens (tertiary/aromatic N) is 3. The summed E-state index contributed by atoms with van der Waals surface area (Å²) in [5, 5.41) is 0. The molecule has 1 aliphatic heterocycles. The highest BCUT2D eigenvalue weighted by Gasteiger charge is 2.33. The minimum Gasteiger partial charge on any atom is -0.364 e. The smallest absolute Gasteiger partial charge is 0.265 e. The van der Waals surface area contributed by atoms with E-state index in [0.717, 1.165) is 18.4 Å². The van der Waals surface area contributed by atoms with Gasteiger partial charge in [0.05, 0.1) is 5.92 Å². The van der Waals surface area contributed by atoms with E-state index in [1.54, 1.807) is 11.9 Å². The van der Waals surface area contributed by atoms with Crippen molar-refractivity contribution in [2.75, 3.05) is 26.2 Å². The highest BCUT2D eigenvalue weighted by Crippen LogP contribution is 2.26. The number of hydrogen-bond acceptors (Lipinski definition) is 4. The molecule has 2 N–H and O–H groups in total. The molecule has 30 heavy (non-hydrogen) atoms. The minimum atomic E-state index is -3.76. The zero-order valence-corrected chi connectivity index (χ0v) is 18.1. The van der Waals surface area contributed by atoms with Crippen molar-refractivity contribution in [1.29, 1.82) is 0 Å². The van der Waals surface area contributed by atoms with Gasteiger partial charge in [-0.2, -0.15) is 4.31 Å². The van der Waals surface area contributed by atoms with Crippen LogP contribution in [0.1, 0.15) is 41.7 Å². The van der Waals surface area contributed by atoms with Crippen LogP contribution in [0, 0.1) is 0 Å². The first kappa shape index (κ1) is 22.0. The third-order valence-electron chi connectivity index (χ3n) is 5.50. The van der Waals surface area contributed by atoms with Gasteiger partial charge in [0.2, 0.25) is 15.9 Å². The number of carbonyl (C=O) groups is 2. The number of primary amides is 1. The van der Waals surface area contributed by atoms with Crippen molar-refractivity contribution in [3.05, 3.63) is 53.9 Å². The summed E-state index contributed by atoms with van der Waals surface area (Å²) in [7, 11) is -2.19. The summed E-state index contributed by atoms with van der Waals surface area (Å²) >= 11 is 0. The summed E-state index contributed by atoms with van der Waals surface area (Å²) in [5.41, 5.74) is 6.41. The Morgan fingerprint density at radius 1 is 1.10 bits per heavy atom. The Labute approximate surface area is 177 Å². The van der Waals surface area contributed by atoms with Crippen LogP contribution in [0.25, 0.3) is 0 Å². The lowest BCUT2D eigenvalue weighted by molar-refractivity contribution is -0.134. The van der Waals surface area contributed by atoms with Gasteiger partial charge in [0, 0.05) is 39.4 Å². The normalized spacial score (nSPS) is 16.4. The van der Waals surface area contributed by atoms with Crippen LogP contribution < -0.4 is 5.73 Å². The molecule has 3 rings (SSSR count). The van der Waals surface area contributed by atoms with E-state index in [2.05, 4.69) is 0 Å². The lowest BCUT2D eigenvalue weighted by Gasteiger charge is -2.35. The van der Waals surface area contributed by atoms with Crippen molar-refractivity contribution < 1.29 is 18.0 Å². The van der Waals surface area contributed by atoms with E-state index < -0.39 is 15.9 Å². The third-order valence-corrected chi connectivity index (χ3v) is 7.36. The van der Waals surface area contributed by atoms with Crippen LogP contribution in [0.5, 0.6) is 0 Å². The maximum absolute atomic E-state index is 13.1. The number of sulfonamides is 1. The molecule has 162 valence electrons. The fourth-order valence-corrected chi connectivity index (χ4v) is 5.34. The average molecular weight is 433 g/mol. The van der Waals surface area contributed by atoms with Crippen LogP contribution in [0.4, 0.5) is 0 Å². The quantitative estimate of drug-likeness (QED) is 0.716. The van der Waals surface area contributed by atoms with Gasteiger partial charge in [-0.25, -0.2) is 8.42 Å². The number of aromatic nitrogens is 1. The molecule has 1 atom stereocenters. The van der Waals surface area contributed by atoms with E-state index in [-0.39, 0.29) is 35.5 Å². The Bertz CT molecular complexity index is 1010. The molecular formula is C21H28N4O4S. The van der Waals surface area contributed by atoms with E-state index in [0.29, 0.717) is 13.1 Å². The number of rotatable bonds is 7. The number of amides is 2. The number of hydrogen-bond donors (Lipinski definition) is 1. The molecular weight excluding hydrogens is 404 g/mol. The highest BCUT2D eigenvalue weighted by molar-refractivity contribution is 7.89. The van der Waals surface area contributed by atoms with E-state index in [4.69, 9.17) is 5.73 Å². The number of piperazine rings is 1. The molecule has 8 nitrogen and oxygen atoms in total. The molecule has 0 radical (unpaired) electrons. The molecule has 1 aliphatic rings.